The molecule has 0 aliphatic heterocycles. The summed E-state index contributed by atoms with van der Waals surface area (Å²) >= 11 is 0. The monoisotopic (exact) mass is 371 g/mol. The van der Waals surface area contributed by atoms with Gasteiger partial charge in [-0.2, -0.15) is 0 Å². The molecular formula is C20H21NO6. The van der Waals surface area contributed by atoms with Crippen molar-refractivity contribution >= 4 is 23.6 Å². The number of hydrogen-bond acceptors (Lipinski definition) is 6. The third-order valence-corrected chi connectivity index (χ3v) is 3.54. The van der Waals surface area contributed by atoms with Gasteiger partial charge >= 0.3 is 5.97 Å². The van der Waals surface area contributed by atoms with Gasteiger partial charge in [0.2, 0.25) is 0 Å². The van der Waals surface area contributed by atoms with Crippen molar-refractivity contribution in [1.29, 1.82) is 0 Å². The molecule has 0 aliphatic carbocycles. The highest BCUT2D eigenvalue weighted by Crippen LogP contribution is 2.27. The number of amides is 1. The number of esters is 1. The van der Waals surface area contributed by atoms with Crippen molar-refractivity contribution in [1.82, 2.24) is 0 Å². The molecule has 7 nitrogen and oxygen atoms in total. The number of methoxy groups -OCH3 is 3. The lowest BCUT2D eigenvalue weighted by molar-refractivity contribution is -0.142. The molecule has 0 atom stereocenters. The second kappa shape index (κ2) is 9.86. The first-order valence-electron chi connectivity index (χ1n) is 8.06. The molecule has 2 aromatic carbocycles. The maximum absolute atomic E-state index is 11.8. The minimum Gasteiger partial charge on any atom is -0.497 e. The Bertz CT molecular complexity index is 814. The average molecular weight is 371 g/mol. The van der Waals surface area contributed by atoms with Crippen LogP contribution in [-0.4, -0.2) is 39.8 Å². The first kappa shape index (κ1) is 19.8. The summed E-state index contributed by atoms with van der Waals surface area (Å²) in [4.78, 5) is 23.6. The number of benzene rings is 2. The number of hydrogen-bond donors (Lipinski definition) is 1. The zero-order valence-electron chi connectivity index (χ0n) is 15.4. The van der Waals surface area contributed by atoms with Gasteiger partial charge in [-0.1, -0.05) is 6.07 Å². The Kier molecular flexibility index (Phi) is 7.25. The van der Waals surface area contributed by atoms with E-state index in [0.29, 0.717) is 22.9 Å². The summed E-state index contributed by atoms with van der Waals surface area (Å²) in [6.07, 6.45) is 2.80. The maximum atomic E-state index is 11.8. The van der Waals surface area contributed by atoms with Crippen molar-refractivity contribution in [3.05, 3.63) is 54.1 Å². The van der Waals surface area contributed by atoms with Crippen LogP contribution in [0.25, 0.3) is 6.08 Å². The van der Waals surface area contributed by atoms with Gasteiger partial charge < -0.3 is 24.3 Å². The molecule has 0 heterocycles. The lowest BCUT2D eigenvalue weighted by Crippen LogP contribution is -2.20. The van der Waals surface area contributed by atoms with Crippen molar-refractivity contribution in [3.63, 3.8) is 0 Å². The summed E-state index contributed by atoms with van der Waals surface area (Å²) < 4.78 is 20.3. The van der Waals surface area contributed by atoms with Gasteiger partial charge in [0.05, 0.1) is 21.3 Å². The van der Waals surface area contributed by atoms with E-state index in [4.69, 9.17) is 18.9 Å². The van der Waals surface area contributed by atoms with Crippen molar-refractivity contribution in [2.45, 2.75) is 0 Å². The Hall–Kier alpha value is -3.48. The molecular weight excluding hydrogens is 350 g/mol. The van der Waals surface area contributed by atoms with E-state index in [-0.39, 0.29) is 6.61 Å². The molecule has 0 saturated heterocycles. The van der Waals surface area contributed by atoms with Crippen LogP contribution in [0.3, 0.4) is 0 Å². The van der Waals surface area contributed by atoms with Crippen molar-refractivity contribution in [2.75, 3.05) is 33.3 Å². The van der Waals surface area contributed by atoms with Crippen LogP contribution < -0.4 is 19.5 Å². The molecule has 0 radical (unpaired) electrons. The molecule has 0 aromatic heterocycles. The van der Waals surface area contributed by atoms with Crippen molar-refractivity contribution < 1.29 is 28.5 Å². The lowest BCUT2D eigenvalue weighted by atomic mass is 10.2. The van der Waals surface area contributed by atoms with Gasteiger partial charge in [-0.3, -0.25) is 4.79 Å². The zero-order chi connectivity index (χ0) is 19.6. The van der Waals surface area contributed by atoms with E-state index in [1.54, 1.807) is 62.8 Å². The molecule has 2 aromatic rings. The zero-order valence-corrected chi connectivity index (χ0v) is 15.4. The topological polar surface area (TPSA) is 83.1 Å². The van der Waals surface area contributed by atoms with E-state index in [9.17, 15) is 9.59 Å². The number of anilines is 1. The van der Waals surface area contributed by atoms with Crippen molar-refractivity contribution in [2.24, 2.45) is 0 Å². The van der Waals surface area contributed by atoms with Gasteiger partial charge in [0.25, 0.3) is 5.91 Å². The Labute approximate surface area is 157 Å². The Morgan fingerprint density at radius 3 is 2.26 bits per heavy atom. The summed E-state index contributed by atoms with van der Waals surface area (Å²) in [5.74, 6) is 0.752. The third kappa shape index (κ3) is 6.07. The van der Waals surface area contributed by atoms with Crippen LogP contribution in [-0.2, 0) is 14.3 Å². The first-order valence-corrected chi connectivity index (χ1v) is 8.06. The predicted molar refractivity (Wildman–Crippen MR) is 101 cm³/mol. The summed E-state index contributed by atoms with van der Waals surface area (Å²) in [7, 11) is 4.63. The summed E-state index contributed by atoms with van der Waals surface area (Å²) in [5, 5.41) is 2.62. The van der Waals surface area contributed by atoms with Crippen LogP contribution in [0.4, 0.5) is 5.69 Å². The molecule has 2 rings (SSSR count). The van der Waals surface area contributed by atoms with Gasteiger partial charge in [-0.25, -0.2) is 4.79 Å². The number of carbonyl (C=O) groups is 2. The largest absolute Gasteiger partial charge is 0.497 e. The second-order valence-corrected chi connectivity index (χ2v) is 5.33. The second-order valence-electron chi connectivity index (χ2n) is 5.33. The highest BCUT2D eigenvalue weighted by molar-refractivity contribution is 5.94. The standard InChI is InChI=1S/C20H21NO6/c1-24-16-8-6-15(7-9-16)21-19(22)13-27-20(23)11-5-14-4-10-17(25-2)18(12-14)26-3/h4-12H,13H2,1-3H3,(H,21,22). The molecule has 0 spiro atoms. The molecule has 27 heavy (non-hydrogen) atoms. The van der Waals surface area contributed by atoms with E-state index in [0.717, 1.165) is 5.56 Å². The molecule has 1 N–H and O–H groups in total. The average Bonchev–Trinajstić information content (AvgIpc) is 2.71. The molecule has 0 unspecified atom stereocenters. The fraction of sp³-hybridized carbons (Fsp3) is 0.200. The van der Waals surface area contributed by atoms with Gasteiger partial charge in [0.15, 0.2) is 18.1 Å². The number of nitrogens with one attached hydrogen (secondary N) is 1. The van der Waals surface area contributed by atoms with Gasteiger partial charge in [-0.05, 0) is 48.0 Å². The van der Waals surface area contributed by atoms with Crippen LogP contribution in [0, 0.1) is 0 Å². The molecule has 0 bridgehead atoms. The van der Waals surface area contributed by atoms with Gasteiger partial charge in [-0.15, -0.1) is 0 Å². The lowest BCUT2D eigenvalue weighted by Gasteiger charge is -2.07. The van der Waals surface area contributed by atoms with Gasteiger partial charge in [0.1, 0.15) is 5.75 Å². The molecule has 0 aliphatic rings. The predicted octanol–water partition coefficient (Wildman–Crippen LogP) is 2.91. The molecule has 142 valence electrons. The van der Waals surface area contributed by atoms with Crippen molar-refractivity contribution in [3.8, 4) is 17.2 Å². The smallest absolute Gasteiger partial charge is 0.331 e. The highest BCUT2D eigenvalue weighted by atomic mass is 16.5. The van der Waals surface area contributed by atoms with E-state index >= 15 is 0 Å². The summed E-state index contributed by atoms with van der Waals surface area (Å²) in [6.45, 7) is -0.388. The quantitative estimate of drug-likeness (QED) is 0.567. The Morgan fingerprint density at radius 2 is 1.63 bits per heavy atom. The molecule has 1 amide bonds. The number of ether oxygens (including phenoxy) is 4. The van der Waals surface area contributed by atoms with Crippen LogP contribution in [0.2, 0.25) is 0 Å². The molecule has 7 heteroatoms. The molecule has 0 fully saturated rings. The van der Waals surface area contributed by atoms with E-state index in [1.165, 1.54) is 13.2 Å². The Balaban J connectivity index is 1.84. The highest BCUT2D eigenvalue weighted by Gasteiger charge is 2.07. The van der Waals surface area contributed by atoms with Crippen LogP contribution in [0.1, 0.15) is 5.56 Å². The molecule has 0 saturated carbocycles. The summed E-state index contributed by atoms with van der Waals surface area (Å²) in [5.41, 5.74) is 1.31. The fourth-order valence-corrected chi connectivity index (χ4v) is 2.18. The van der Waals surface area contributed by atoms with Crippen LogP contribution in [0.15, 0.2) is 48.5 Å². The van der Waals surface area contributed by atoms with Crippen LogP contribution >= 0.6 is 0 Å². The van der Waals surface area contributed by atoms with Crippen LogP contribution in [0.5, 0.6) is 17.2 Å². The fourth-order valence-electron chi connectivity index (χ4n) is 2.18. The SMILES string of the molecule is COc1ccc(NC(=O)COC(=O)C=Cc2ccc(OC)c(OC)c2)cc1. The van der Waals surface area contributed by atoms with Gasteiger partial charge in [0, 0.05) is 11.8 Å². The van der Waals surface area contributed by atoms with E-state index in [1.807, 2.05) is 0 Å². The first-order chi connectivity index (χ1) is 13.0. The maximum Gasteiger partial charge on any atom is 0.331 e. The van der Waals surface area contributed by atoms with E-state index < -0.39 is 11.9 Å². The number of carbonyl (C=O) groups excluding carboxylic acids is 2. The minimum atomic E-state index is -0.630. The summed E-state index contributed by atoms with van der Waals surface area (Å²) in [6, 6.07) is 12.0. The Morgan fingerprint density at radius 1 is 0.926 bits per heavy atom. The van der Waals surface area contributed by atoms with E-state index in [2.05, 4.69) is 5.32 Å². The minimum absolute atomic E-state index is 0.388. The number of rotatable bonds is 8. The normalized spacial score (nSPS) is 10.3. The third-order valence-electron chi connectivity index (χ3n) is 3.54.